The highest BCUT2D eigenvalue weighted by Crippen LogP contribution is 2.39. The first-order valence-electron chi connectivity index (χ1n) is 6.41. The third-order valence-corrected chi connectivity index (χ3v) is 4.02. The number of benzene rings is 1. The average Bonchev–Trinajstić information content (AvgIpc) is 2.62. The first kappa shape index (κ1) is 11.7. The van der Waals surface area contributed by atoms with Crippen molar-refractivity contribution in [1.82, 2.24) is 0 Å². The molecule has 0 amide bonds. The van der Waals surface area contributed by atoms with Crippen molar-refractivity contribution < 1.29 is 0 Å². The van der Waals surface area contributed by atoms with Crippen LogP contribution in [0.1, 0.15) is 48.9 Å². The molecular weight excluding hydrogens is 194 g/mol. The fourth-order valence-electron chi connectivity index (χ4n) is 3.16. The summed E-state index contributed by atoms with van der Waals surface area (Å²) in [5, 5.41) is 0. The lowest BCUT2D eigenvalue weighted by molar-refractivity contribution is 0.351. The van der Waals surface area contributed by atoms with E-state index in [1.807, 2.05) is 0 Å². The Morgan fingerprint density at radius 2 is 1.75 bits per heavy atom. The first-order chi connectivity index (χ1) is 7.58. The standard InChI is InChI=1S/C15H23N/c1-10-7-11(2)9-13(8-10)15(16)14-6-4-5-12(14)3/h7-9,12,14-15H,4-6,16H2,1-3H3. The molecule has 3 atom stereocenters. The molecule has 0 heterocycles. The summed E-state index contributed by atoms with van der Waals surface area (Å²) >= 11 is 0. The molecule has 1 aliphatic rings. The van der Waals surface area contributed by atoms with Crippen molar-refractivity contribution in [3.05, 3.63) is 34.9 Å². The molecule has 0 aromatic heterocycles. The van der Waals surface area contributed by atoms with Gasteiger partial charge in [-0.05, 0) is 37.7 Å². The number of rotatable bonds is 2. The molecule has 1 saturated carbocycles. The van der Waals surface area contributed by atoms with E-state index in [2.05, 4.69) is 39.0 Å². The minimum Gasteiger partial charge on any atom is -0.324 e. The van der Waals surface area contributed by atoms with Crippen LogP contribution in [0.5, 0.6) is 0 Å². The van der Waals surface area contributed by atoms with Gasteiger partial charge in [0.05, 0.1) is 0 Å². The molecule has 1 aromatic carbocycles. The maximum atomic E-state index is 6.43. The summed E-state index contributed by atoms with van der Waals surface area (Å²) in [4.78, 5) is 0. The van der Waals surface area contributed by atoms with Crippen molar-refractivity contribution in [3.8, 4) is 0 Å². The van der Waals surface area contributed by atoms with Crippen LogP contribution in [0.3, 0.4) is 0 Å². The highest BCUT2D eigenvalue weighted by molar-refractivity contribution is 5.31. The second kappa shape index (κ2) is 4.58. The maximum Gasteiger partial charge on any atom is 0.0326 e. The van der Waals surface area contributed by atoms with Gasteiger partial charge in [-0.25, -0.2) is 0 Å². The van der Waals surface area contributed by atoms with Gasteiger partial charge in [0.2, 0.25) is 0 Å². The smallest absolute Gasteiger partial charge is 0.0326 e. The molecule has 2 N–H and O–H groups in total. The Hall–Kier alpha value is -0.820. The molecule has 1 fully saturated rings. The van der Waals surface area contributed by atoms with Gasteiger partial charge in [-0.15, -0.1) is 0 Å². The van der Waals surface area contributed by atoms with E-state index < -0.39 is 0 Å². The van der Waals surface area contributed by atoms with Crippen molar-refractivity contribution in [2.45, 2.75) is 46.1 Å². The predicted molar refractivity (Wildman–Crippen MR) is 69.3 cm³/mol. The molecule has 0 radical (unpaired) electrons. The van der Waals surface area contributed by atoms with Crippen LogP contribution in [-0.4, -0.2) is 0 Å². The molecule has 3 unspecified atom stereocenters. The summed E-state index contributed by atoms with van der Waals surface area (Å²) in [6.45, 7) is 6.66. The molecule has 88 valence electrons. The summed E-state index contributed by atoms with van der Waals surface area (Å²) in [7, 11) is 0. The van der Waals surface area contributed by atoms with E-state index in [0.717, 1.165) is 5.92 Å². The van der Waals surface area contributed by atoms with Gasteiger partial charge in [-0.3, -0.25) is 0 Å². The van der Waals surface area contributed by atoms with Crippen LogP contribution in [0.25, 0.3) is 0 Å². The van der Waals surface area contributed by atoms with E-state index in [1.54, 1.807) is 0 Å². The summed E-state index contributed by atoms with van der Waals surface area (Å²) in [5.41, 5.74) is 10.4. The predicted octanol–water partition coefficient (Wildman–Crippen LogP) is 3.74. The van der Waals surface area contributed by atoms with Crippen molar-refractivity contribution in [3.63, 3.8) is 0 Å². The molecule has 2 rings (SSSR count). The highest BCUT2D eigenvalue weighted by atomic mass is 14.7. The van der Waals surface area contributed by atoms with E-state index in [4.69, 9.17) is 5.73 Å². The monoisotopic (exact) mass is 217 g/mol. The van der Waals surface area contributed by atoms with E-state index >= 15 is 0 Å². The third-order valence-electron chi connectivity index (χ3n) is 4.02. The molecule has 0 spiro atoms. The largest absolute Gasteiger partial charge is 0.324 e. The second-order valence-electron chi connectivity index (χ2n) is 5.52. The van der Waals surface area contributed by atoms with E-state index in [9.17, 15) is 0 Å². The second-order valence-corrected chi connectivity index (χ2v) is 5.52. The summed E-state index contributed by atoms with van der Waals surface area (Å²) in [6, 6.07) is 6.95. The molecular formula is C15H23N. The third kappa shape index (κ3) is 2.30. The molecule has 16 heavy (non-hydrogen) atoms. The summed E-state index contributed by atoms with van der Waals surface area (Å²) in [6.07, 6.45) is 4.00. The van der Waals surface area contributed by atoms with Crippen molar-refractivity contribution in [2.24, 2.45) is 17.6 Å². The Bertz CT molecular complexity index is 349. The molecule has 0 bridgehead atoms. The zero-order chi connectivity index (χ0) is 11.7. The molecule has 1 aliphatic carbocycles. The lowest BCUT2D eigenvalue weighted by atomic mass is 9.85. The normalized spacial score (nSPS) is 27.0. The van der Waals surface area contributed by atoms with Crippen LogP contribution in [0.2, 0.25) is 0 Å². The zero-order valence-electron chi connectivity index (χ0n) is 10.7. The van der Waals surface area contributed by atoms with Gasteiger partial charge in [0.1, 0.15) is 0 Å². The van der Waals surface area contributed by atoms with Crippen molar-refractivity contribution in [2.75, 3.05) is 0 Å². The molecule has 0 saturated heterocycles. The summed E-state index contributed by atoms with van der Waals surface area (Å²) in [5.74, 6) is 1.47. The number of hydrogen-bond donors (Lipinski definition) is 1. The first-order valence-corrected chi connectivity index (χ1v) is 6.41. The van der Waals surface area contributed by atoms with Gasteiger partial charge < -0.3 is 5.73 Å². The van der Waals surface area contributed by atoms with Crippen LogP contribution >= 0.6 is 0 Å². The topological polar surface area (TPSA) is 26.0 Å². The summed E-state index contributed by atoms with van der Waals surface area (Å²) < 4.78 is 0. The Morgan fingerprint density at radius 3 is 2.25 bits per heavy atom. The Labute approximate surface area is 99.0 Å². The molecule has 0 aliphatic heterocycles. The zero-order valence-corrected chi connectivity index (χ0v) is 10.7. The minimum absolute atomic E-state index is 0.232. The van der Waals surface area contributed by atoms with Gasteiger partial charge in [0.25, 0.3) is 0 Å². The number of hydrogen-bond acceptors (Lipinski definition) is 1. The van der Waals surface area contributed by atoms with Crippen molar-refractivity contribution >= 4 is 0 Å². The Kier molecular flexibility index (Phi) is 3.34. The SMILES string of the molecule is Cc1cc(C)cc(C(N)C2CCCC2C)c1. The Morgan fingerprint density at radius 1 is 1.12 bits per heavy atom. The fraction of sp³-hybridized carbons (Fsp3) is 0.600. The van der Waals surface area contributed by atoms with Gasteiger partial charge >= 0.3 is 0 Å². The van der Waals surface area contributed by atoms with E-state index in [-0.39, 0.29) is 6.04 Å². The van der Waals surface area contributed by atoms with Crippen LogP contribution < -0.4 is 5.73 Å². The van der Waals surface area contributed by atoms with Gasteiger partial charge in [0, 0.05) is 6.04 Å². The van der Waals surface area contributed by atoms with Crippen LogP contribution in [0.4, 0.5) is 0 Å². The minimum atomic E-state index is 0.232. The lowest BCUT2D eigenvalue weighted by Gasteiger charge is -2.24. The van der Waals surface area contributed by atoms with Crippen molar-refractivity contribution in [1.29, 1.82) is 0 Å². The molecule has 1 nitrogen and oxygen atoms in total. The number of aryl methyl sites for hydroxylation is 2. The number of nitrogens with two attached hydrogens (primary N) is 1. The van der Waals surface area contributed by atoms with Crippen LogP contribution in [0.15, 0.2) is 18.2 Å². The van der Waals surface area contributed by atoms with E-state index in [1.165, 1.54) is 36.0 Å². The van der Waals surface area contributed by atoms with Gasteiger partial charge in [0.15, 0.2) is 0 Å². The quantitative estimate of drug-likeness (QED) is 0.802. The average molecular weight is 217 g/mol. The van der Waals surface area contributed by atoms with Gasteiger partial charge in [-0.2, -0.15) is 0 Å². The van der Waals surface area contributed by atoms with Gasteiger partial charge in [-0.1, -0.05) is 49.1 Å². The van der Waals surface area contributed by atoms with E-state index in [0.29, 0.717) is 5.92 Å². The Balaban J connectivity index is 2.22. The molecule has 1 aromatic rings. The highest BCUT2D eigenvalue weighted by Gasteiger charge is 2.29. The van der Waals surface area contributed by atoms with Crippen LogP contribution in [0, 0.1) is 25.7 Å². The lowest BCUT2D eigenvalue weighted by Crippen LogP contribution is -2.23. The van der Waals surface area contributed by atoms with Crippen LogP contribution in [-0.2, 0) is 0 Å². The maximum absolute atomic E-state index is 6.43. The fourth-order valence-corrected chi connectivity index (χ4v) is 3.16. The molecule has 1 heteroatoms.